The van der Waals surface area contributed by atoms with Crippen molar-refractivity contribution in [1.29, 1.82) is 0 Å². The molecule has 1 fully saturated rings. The first-order valence-corrected chi connectivity index (χ1v) is 8.23. The number of rotatable bonds is 6. The van der Waals surface area contributed by atoms with Crippen LogP contribution in [-0.4, -0.2) is 41.7 Å². The number of esters is 1. The van der Waals surface area contributed by atoms with E-state index < -0.39 is 24.0 Å². The Morgan fingerprint density at radius 2 is 2.25 bits per heavy atom. The molecule has 2 unspecified atom stereocenters. The molecule has 5 nitrogen and oxygen atoms in total. The van der Waals surface area contributed by atoms with Crippen LogP contribution in [0, 0.1) is 0 Å². The third-order valence-corrected chi connectivity index (χ3v) is 3.86. The molecular formula is C16H21ClF2N2O3. The predicted molar refractivity (Wildman–Crippen MR) is 86.8 cm³/mol. The summed E-state index contributed by atoms with van der Waals surface area (Å²) in [6, 6.07) is 0.887. The number of nitrogens with one attached hydrogen (secondary N) is 1. The second kappa shape index (κ2) is 7.61. The molecule has 1 N–H and O–H groups in total. The molecule has 2 atom stereocenters. The van der Waals surface area contributed by atoms with Gasteiger partial charge >= 0.3 is 5.97 Å². The summed E-state index contributed by atoms with van der Waals surface area (Å²) in [4.78, 5) is 15.8. The Morgan fingerprint density at radius 1 is 1.54 bits per heavy atom. The summed E-state index contributed by atoms with van der Waals surface area (Å²) in [7, 11) is 0. The highest BCUT2D eigenvalue weighted by molar-refractivity contribution is 6.29. The highest BCUT2D eigenvalue weighted by Gasteiger charge is 2.50. The molecule has 0 bridgehead atoms. The number of ether oxygens (including phenoxy) is 2. The number of anilines is 1. The summed E-state index contributed by atoms with van der Waals surface area (Å²) in [5, 5.41) is 3.12. The lowest BCUT2D eigenvalue weighted by atomic mass is 10.2. The number of aromatic nitrogens is 1. The molecule has 0 amide bonds. The first-order valence-electron chi connectivity index (χ1n) is 7.85. The summed E-state index contributed by atoms with van der Waals surface area (Å²) < 4.78 is 38.4. The number of carbonyl (C=O) groups excluding carboxylic acids is 1. The van der Waals surface area contributed by atoms with E-state index in [2.05, 4.69) is 10.3 Å². The maximum atomic E-state index is 14.1. The molecule has 1 aromatic heterocycles. The summed E-state index contributed by atoms with van der Waals surface area (Å²) in [5.74, 6) is -3.51. The second-order valence-electron chi connectivity index (χ2n) is 5.99. The van der Waals surface area contributed by atoms with E-state index in [4.69, 9.17) is 21.1 Å². The Balaban J connectivity index is 2.16. The molecule has 24 heavy (non-hydrogen) atoms. The van der Waals surface area contributed by atoms with Gasteiger partial charge in [0.05, 0.1) is 18.4 Å². The number of alkyl halides is 2. The molecule has 0 saturated heterocycles. The Morgan fingerprint density at radius 3 is 2.88 bits per heavy atom. The molecule has 1 aromatic rings. The highest BCUT2D eigenvalue weighted by Crippen LogP contribution is 2.39. The van der Waals surface area contributed by atoms with Crippen molar-refractivity contribution < 1.29 is 23.0 Å². The topological polar surface area (TPSA) is 60.5 Å². The Bertz CT molecular complexity index is 599. The van der Waals surface area contributed by atoms with E-state index in [0.717, 1.165) is 0 Å². The number of nitrogens with zero attached hydrogens (tertiary/aromatic N) is 1. The number of halogens is 3. The van der Waals surface area contributed by atoms with Crippen molar-refractivity contribution in [2.45, 2.75) is 57.8 Å². The summed E-state index contributed by atoms with van der Waals surface area (Å²) in [6.45, 7) is 5.32. The van der Waals surface area contributed by atoms with Crippen molar-refractivity contribution in [2.24, 2.45) is 0 Å². The van der Waals surface area contributed by atoms with Crippen molar-refractivity contribution in [3.63, 3.8) is 0 Å². The number of hydrogen-bond acceptors (Lipinski definition) is 5. The minimum atomic E-state index is -2.93. The van der Waals surface area contributed by atoms with E-state index in [0.29, 0.717) is 5.69 Å². The molecule has 0 radical (unpaired) electrons. The van der Waals surface area contributed by atoms with Crippen LogP contribution < -0.4 is 5.32 Å². The third kappa shape index (κ3) is 4.54. The molecule has 8 heteroatoms. The highest BCUT2D eigenvalue weighted by atomic mass is 35.5. The normalized spacial score (nSPS) is 22.6. The molecule has 0 spiro atoms. The van der Waals surface area contributed by atoms with Crippen LogP contribution in [-0.2, 0) is 9.47 Å². The van der Waals surface area contributed by atoms with Gasteiger partial charge in [-0.1, -0.05) is 11.6 Å². The van der Waals surface area contributed by atoms with Crippen LogP contribution >= 0.6 is 11.6 Å². The molecule has 0 aliphatic heterocycles. The third-order valence-electron chi connectivity index (χ3n) is 3.65. The van der Waals surface area contributed by atoms with Gasteiger partial charge in [0.1, 0.15) is 16.8 Å². The van der Waals surface area contributed by atoms with Gasteiger partial charge in [-0.3, -0.25) is 0 Å². The maximum absolute atomic E-state index is 14.1. The van der Waals surface area contributed by atoms with Gasteiger partial charge in [-0.05, 0) is 33.3 Å². The number of hydrogen-bond donors (Lipinski definition) is 1. The van der Waals surface area contributed by atoms with Gasteiger partial charge in [0.2, 0.25) is 0 Å². The van der Waals surface area contributed by atoms with Gasteiger partial charge in [-0.15, -0.1) is 0 Å². The molecule has 0 aromatic carbocycles. The van der Waals surface area contributed by atoms with Gasteiger partial charge < -0.3 is 14.8 Å². The fraction of sp³-hybridized carbons (Fsp3) is 0.625. The molecule has 1 heterocycles. The lowest BCUT2D eigenvalue weighted by Gasteiger charge is -2.21. The van der Waals surface area contributed by atoms with Gasteiger partial charge in [0.15, 0.2) is 0 Å². The van der Waals surface area contributed by atoms with Crippen LogP contribution in [0.2, 0.25) is 5.15 Å². The first-order chi connectivity index (χ1) is 11.2. The van der Waals surface area contributed by atoms with Crippen molar-refractivity contribution in [2.75, 3.05) is 11.9 Å². The molecule has 1 saturated carbocycles. The van der Waals surface area contributed by atoms with E-state index in [-0.39, 0.29) is 36.3 Å². The smallest absolute Gasteiger partial charge is 0.341 e. The van der Waals surface area contributed by atoms with Crippen LogP contribution in [0.4, 0.5) is 14.5 Å². The summed E-state index contributed by atoms with van der Waals surface area (Å²) in [5.41, 5.74) is 0.497. The SMILES string of the molecule is CCOC(=O)c1cnc(Cl)cc1NC1CC(OC(C)C)C(F)(F)C1. The average molecular weight is 363 g/mol. The van der Waals surface area contributed by atoms with Crippen LogP contribution in [0.5, 0.6) is 0 Å². The van der Waals surface area contributed by atoms with E-state index in [1.807, 2.05) is 0 Å². The predicted octanol–water partition coefficient (Wildman–Crippen LogP) is 3.91. The van der Waals surface area contributed by atoms with Gasteiger partial charge in [0.25, 0.3) is 5.92 Å². The van der Waals surface area contributed by atoms with Crippen LogP contribution in [0.25, 0.3) is 0 Å². The lowest BCUT2D eigenvalue weighted by Crippen LogP contribution is -2.31. The maximum Gasteiger partial charge on any atom is 0.341 e. The molecule has 1 aliphatic carbocycles. The minimum absolute atomic E-state index is 0.132. The molecular weight excluding hydrogens is 342 g/mol. The molecule has 2 rings (SSSR count). The van der Waals surface area contributed by atoms with Crippen LogP contribution in [0.1, 0.15) is 44.0 Å². The monoisotopic (exact) mass is 362 g/mol. The van der Waals surface area contributed by atoms with Crippen molar-refractivity contribution in [3.05, 3.63) is 23.0 Å². The van der Waals surface area contributed by atoms with Gasteiger partial charge in [-0.2, -0.15) is 0 Å². The number of carbonyl (C=O) groups is 1. The van der Waals surface area contributed by atoms with Crippen molar-refractivity contribution >= 4 is 23.3 Å². The fourth-order valence-electron chi connectivity index (χ4n) is 2.71. The van der Waals surface area contributed by atoms with Crippen molar-refractivity contribution in [1.82, 2.24) is 4.98 Å². The summed E-state index contributed by atoms with van der Waals surface area (Å²) >= 11 is 5.86. The van der Waals surface area contributed by atoms with Crippen molar-refractivity contribution in [3.8, 4) is 0 Å². The van der Waals surface area contributed by atoms with E-state index in [9.17, 15) is 13.6 Å². The Hall–Kier alpha value is -1.47. The fourth-order valence-corrected chi connectivity index (χ4v) is 2.87. The van der Waals surface area contributed by atoms with E-state index in [1.54, 1.807) is 20.8 Å². The second-order valence-corrected chi connectivity index (χ2v) is 6.38. The van der Waals surface area contributed by atoms with E-state index in [1.165, 1.54) is 12.3 Å². The average Bonchev–Trinajstić information content (AvgIpc) is 2.72. The Labute approximate surface area is 144 Å². The standard InChI is InChI=1S/C16H21ClF2N2O3/c1-4-23-15(22)11-8-20-14(17)6-12(11)21-10-5-13(24-9(2)3)16(18,19)7-10/h6,8-10,13H,4-5,7H2,1-3H3,(H,20,21). The summed E-state index contributed by atoms with van der Waals surface area (Å²) in [6.07, 6.45) is -0.416. The minimum Gasteiger partial charge on any atom is -0.462 e. The quantitative estimate of drug-likeness (QED) is 0.614. The number of pyridine rings is 1. The van der Waals surface area contributed by atoms with E-state index >= 15 is 0 Å². The van der Waals surface area contributed by atoms with Gasteiger partial charge in [-0.25, -0.2) is 18.6 Å². The van der Waals surface area contributed by atoms with Gasteiger partial charge in [0, 0.05) is 18.7 Å². The Kier molecular flexibility index (Phi) is 5.98. The van der Waals surface area contributed by atoms with Crippen LogP contribution in [0.15, 0.2) is 12.3 Å². The largest absolute Gasteiger partial charge is 0.462 e. The zero-order chi connectivity index (χ0) is 17.9. The molecule has 134 valence electrons. The van der Waals surface area contributed by atoms with Crippen LogP contribution in [0.3, 0.4) is 0 Å². The zero-order valence-electron chi connectivity index (χ0n) is 13.8. The lowest BCUT2D eigenvalue weighted by molar-refractivity contribution is -0.133. The first kappa shape index (κ1) is 18.9. The molecule has 1 aliphatic rings. The zero-order valence-corrected chi connectivity index (χ0v) is 14.6.